The minimum absolute atomic E-state index is 0.119. The Bertz CT molecular complexity index is 1180. The van der Waals surface area contributed by atoms with E-state index in [-0.39, 0.29) is 22.8 Å². The number of hydrogen-bond donors (Lipinski definition) is 4. The van der Waals surface area contributed by atoms with Crippen molar-refractivity contribution in [3.8, 4) is 0 Å². The second-order valence-electron chi connectivity index (χ2n) is 10.0. The van der Waals surface area contributed by atoms with Crippen molar-refractivity contribution in [3.63, 3.8) is 0 Å². The topological polar surface area (TPSA) is 94.1 Å². The lowest BCUT2D eigenvalue weighted by atomic mass is 9.79. The summed E-state index contributed by atoms with van der Waals surface area (Å²) in [5.74, 6) is -0.0337. The van der Waals surface area contributed by atoms with Crippen molar-refractivity contribution in [1.82, 2.24) is 10.5 Å². The molecule has 1 atom stereocenters. The molecule has 3 aliphatic rings. The van der Waals surface area contributed by atoms with Crippen molar-refractivity contribution in [2.75, 3.05) is 5.43 Å². The average Bonchev–Trinajstić information content (AvgIpc) is 3.34. The van der Waals surface area contributed by atoms with Gasteiger partial charge in [-0.2, -0.15) is 0 Å². The number of alkyl halides is 3. The molecular weight excluding hydrogens is 519 g/mol. The molecule has 4 N–H and O–H groups in total. The summed E-state index contributed by atoms with van der Waals surface area (Å²) in [6, 6.07) is 12.9. The summed E-state index contributed by atoms with van der Waals surface area (Å²) in [6.07, 6.45) is -0.178. The van der Waals surface area contributed by atoms with E-state index in [1.807, 2.05) is 29.7 Å². The molecule has 204 valence electrons. The van der Waals surface area contributed by atoms with E-state index in [1.54, 1.807) is 12.1 Å². The van der Waals surface area contributed by atoms with Gasteiger partial charge in [0.05, 0.1) is 17.4 Å². The normalized spacial score (nSPS) is 23.8. The number of anilines is 1. The van der Waals surface area contributed by atoms with Crippen LogP contribution in [0.15, 0.2) is 53.7 Å². The van der Waals surface area contributed by atoms with E-state index >= 15 is 0 Å². The highest BCUT2D eigenvalue weighted by atomic mass is 32.2. The van der Waals surface area contributed by atoms with Gasteiger partial charge < -0.3 is 10.4 Å². The summed E-state index contributed by atoms with van der Waals surface area (Å²) < 4.78 is 41.6. The summed E-state index contributed by atoms with van der Waals surface area (Å²) >= 11 is 1.51. The van der Waals surface area contributed by atoms with Crippen molar-refractivity contribution in [1.29, 1.82) is 0 Å². The number of carboxylic acids is 1. The smallest absolute Gasteiger partial charge is 0.478 e. The van der Waals surface area contributed by atoms with Gasteiger partial charge in [0.1, 0.15) is 5.37 Å². The Morgan fingerprint density at radius 1 is 1.00 bits per heavy atom. The number of carbonyl (C=O) groups is 1. The van der Waals surface area contributed by atoms with Crippen LogP contribution in [-0.4, -0.2) is 33.9 Å². The number of nitrogens with zero attached hydrogens (tertiary/aromatic N) is 1. The van der Waals surface area contributed by atoms with E-state index in [0.29, 0.717) is 37.2 Å². The molecule has 2 fully saturated rings. The van der Waals surface area contributed by atoms with Crippen LogP contribution in [0, 0.1) is 0 Å². The lowest BCUT2D eigenvalue weighted by Crippen LogP contribution is -2.33. The number of ether oxygens (including phenoxy) is 1. The standard InChI is InChI=1S/C27H30F3N3O4S/c28-27(29,30)37-21-11-8-17(9-12-21)16-4-6-19(7-5-16)25-31-24(15-38-25)33(36)32-23-13-10-20(26(34)35)14-22(23)18-2-1-3-18/h4-7,10,13-15,17-18,21,25,31-32,36H,1-3,8-9,11-12H2,(H,34,35). The second kappa shape index (κ2) is 11.1. The van der Waals surface area contributed by atoms with Gasteiger partial charge in [-0.3, -0.25) is 15.4 Å². The van der Waals surface area contributed by atoms with E-state index in [9.17, 15) is 28.3 Å². The summed E-state index contributed by atoms with van der Waals surface area (Å²) in [5, 5.41) is 26.0. The second-order valence-corrected chi connectivity index (χ2v) is 11.0. The minimum Gasteiger partial charge on any atom is -0.478 e. The average molecular weight is 550 g/mol. The maximum atomic E-state index is 12.5. The number of carboxylic acid groups (broad SMARTS) is 1. The van der Waals surface area contributed by atoms with Gasteiger partial charge in [-0.15, -0.1) is 30.1 Å². The maximum absolute atomic E-state index is 12.5. The zero-order valence-corrected chi connectivity index (χ0v) is 21.4. The maximum Gasteiger partial charge on any atom is 0.522 e. The van der Waals surface area contributed by atoms with Crippen LogP contribution in [0.4, 0.5) is 18.9 Å². The molecule has 0 aromatic heterocycles. The molecule has 2 aromatic rings. The van der Waals surface area contributed by atoms with Crippen molar-refractivity contribution in [2.45, 2.75) is 74.6 Å². The quantitative estimate of drug-likeness (QED) is 0.260. The van der Waals surface area contributed by atoms with Gasteiger partial charge in [0.15, 0.2) is 5.82 Å². The highest BCUT2D eigenvalue weighted by Crippen LogP contribution is 2.42. The molecule has 5 rings (SSSR count). The molecular formula is C27H30F3N3O4S. The van der Waals surface area contributed by atoms with Crippen LogP contribution >= 0.6 is 11.8 Å². The molecule has 0 amide bonds. The third kappa shape index (κ3) is 6.22. The zero-order valence-electron chi connectivity index (χ0n) is 20.6. The Kier molecular flexibility index (Phi) is 7.78. The first kappa shape index (κ1) is 26.7. The first-order chi connectivity index (χ1) is 18.2. The van der Waals surface area contributed by atoms with Crippen LogP contribution in [-0.2, 0) is 4.74 Å². The fourth-order valence-electron chi connectivity index (χ4n) is 5.28. The Labute approximate surface area is 223 Å². The molecule has 2 aromatic carbocycles. The first-order valence-corrected chi connectivity index (χ1v) is 13.7. The molecule has 1 unspecified atom stereocenters. The zero-order chi connectivity index (χ0) is 26.9. The van der Waals surface area contributed by atoms with Crippen LogP contribution in [0.2, 0.25) is 0 Å². The van der Waals surface area contributed by atoms with E-state index in [2.05, 4.69) is 15.5 Å². The van der Waals surface area contributed by atoms with Crippen molar-refractivity contribution in [3.05, 3.63) is 75.9 Å². The molecule has 38 heavy (non-hydrogen) atoms. The van der Waals surface area contributed by atoms with Gasteiger partial charge in [-0.05, 0) is 85.3 Å². The van der Waals surface area contributed by atoms with Gasteiger partial charge in [0.2, 0.25) is 0 Å². The molecule has 0 spiro atoms. The third-order valence-corrected chi connectivity index (χ3v) is 8.60. The molecule has 11 heteroatoms. The van der Waals surface area contributed by atoms with Gasteiger partial charge >= 0.3 is 12.3 Å². The predicted molar refractivity (Wildman–Crippen MR) is 137 cm³/mol. The SMILES string of the molecule is O=C(O)c1ccc(NN(O)C2=CSC(c3ccc(C4CCC(OC(F)(F)F)CC4)cc3)N2)c(C2CCC2)c1. The summed E-state index contributed by atoms with van der Waals surface area (Å²) in [7, 11) is 0. The van der Waals surface area contributed by atoms with Crippen LogP contribution in [0.3, 0.4) is 0 Å². The number of nitrogens with one attached hydrogen (secondary N) is 2. The molecule has 0 bridgehead atoms. The van der Waals surface area contributed by atoms with Gasteiger partial charge in [-0.1, -0.05) is 30.7 Å². The summed E-state index contributed by atoms with van der Waals surface area (Å²) in [6.45, 7) is 0. The molecule has 1 heterocycles. The van der Waals surface area contributed by atoms with E-state index < -0.39 is 18.4 Å². The predicted octanol–water partition coefficient (Wildman–Crippen LogP) is 7.07. The number of thioether (sulfide) groups is 1. The van der Waals surface area contributed by atoms with Crippen LogP contribution < -0.4 is 10.7 Å². The number of benzene rings is 2. The molecule has 1 aliphatic heterocycles. The minimum atomic E-state index is -4.58. The largest absolute Gasteiger partial charge is 0.522 e. The van der Waals surface area contributed by atoms with Gasteiger partial charge in [0, 0.05) is 5.41 Å². The molecule has 2 aliphatic carbocycles. The third-order valence-electron chi connectivity index (χ3n) is 7.58. The number of hydrazine groups is 1. The Morgan fingerprint density at radius 3 is 2.29 bits per heavy atom. The highest BCUT2D eigenvalue weighted by molar-refractivity contribution is 8.02. The van der Waals surface area contributed by atoms with Gasteiger partial charge in [0.25, 0.3) is 0 Å². The van der Waals surface area contributed by atoms with Crippen LogP contribution in [0.25, 0.3) is 0 Å². The van der Waals surface area contributed by atoms with Crippen LogP contribution in [0.1, 0.15) is 89.2 Å². The van der Waals surface area contributed by atoms with Crippen molar-refractivity contribution in [2.24, 2.45) is 0 Å². The van der Waals surface area contributed by atoms with Gasteiger partial charge in [-0.25, -0.2) is 4.79 Å². The first-order valence-electron chi connectivity index (χ1n) is 12.8. The monoisotopic (exact) mass is 549 g/mol. The molecule has 0 radical (unpaired) electrons. The Hall–Kier alpha value is -2.89. The number of hydrogen-bond acceptors (Lipinski definition) is 7. The number of hydroxylamine groups is 1. The number of halogens is 3. The summed E-state index contributed by atoms with van der Waals surface area (Å²) in [5.41, 5.74) is 6.87. The van der Waals surface area contributed by atoms with E-state index in [0.717, 1.165) is 41.1 Å². The highest BCUT2D eigenvalue weighted by Gasteiger charge is 2.35. The van der Waals surface area contributed by atoms with E-state index in [1.165, 1.54) is 17.8 Å². The van der Waals surface area contributed by atoms with Crippen LogP contribution in [0.5, 0.6) is 0 Å². The fourth-order valence-corrected chi connectivity index (χ4v) is 6.22. The molecule has 0 saturated heterocycles. The van der Waals surface area contributed by atoms with Crippen molar-refractivity contribution >= 4 is 23.4 Å². The lowest BCUT2D eigenvalue weighted by molar-refractivity contribution is -0.345. The Balaban J connectivity index is 1.16. The molecule has 7 nitrogen and oxygen atoms in total. The summed E-state index contributed by atoms with van der Waals surface area (Å²) in [4.78, 5) is 11.4. The Morgan fingerprint density at radius 2 is 1.68 bits per heavy atom. The lowest BCUT2D eigenvalue weighted by Gasteiger charge is -2.30. The number of aromatic carboxylic acids is 1. The van der Waals surface area contributed by atoms with Crippen molar-refractivity contribution < 1.29 is 33.0 Å². The fraction of sp³-hybridized carbons (Fsp3) is 0.444. The number of rotatable bonds is 8. The molecule has 2 saturated carbocycles. The van der Waals surface area contributed by atoms with E-state index in [4.69, 9.17) is 0 Å².